The van der Waals surface area contributed by atoms with Gasteiger partial charge in [-0.3, -0.25) is 0 Å². The molecule has 3 nitrogen and oxygen atoms in total. The normalized spacial score (nSPS) is 37.2. The first kappa shape index (κ1) is 12.9. The smallest absolute Gasteiger partial charge is 0.126 e. The maximum Gasteiger partial charge on any atom is 0.126 e. The summed E-state index contributed by atoms with van der Waals surface area (Å²) < 4.78 is 0. The van der Waals surface area contributed by atoms with E-state index in [9.17, 15) is 0 Å². The van der Waals surface area contributed by atoms with E-state index in [0.29, 0.717) is 0 Å². The zero-order valence-electron chi connectivity index (χ0n) is 11.1. The van der Waals surface area contributed by atoms with Crippen molar-refractivity contribution in [3.8, 4) is 0 Å². The molecule has 0 saturated carbocycles. The summed E-state index contributed by atoms with van der Waals surface area (Å²) in [7, 11) is 6.80. The van der Waals surface area contributed by atoms with Gasteiger partial charge in [-0.2, -0.15) is 0 Å². The minimum Gasteiger partial charge on any atom is -0.339 e. The Morgan fingerprint density at radius 1 is 1.33 bits per heavy atom. The van der Waals surface area contributed by atoms with Crippen molar-refractivity contribution in [1.82, 2.24) is 0 Å². The summed E-state index contributed by atoms with van der Waals surface area (Å²) in [4.78, 5) is 3.27. The maximum absolute atomic E-state index is 2.58. The third-order valence-corrected chi connectivity index (χ3v) is 3.96. The molecule has 3 heteroatoms. The molecule has 4 atom stereocenters. The van der Waals surface area contributed by atoms with Crippen molar-refractivity contribution in [1.29, 1.82) is 0 Å². The number of hydrogen-bond acceptors (Lipinski definition) is 0. The molecule has 0 spiro atoms. The van der Waals surface area contributed by atoms with Crippen LogP contribution in [0, 0.1) is 5.92 Å². The number of hydrogen-bond donors (Lipinski definition) is 3. The van der Waals surface area contributed by atoms with E-state index in [1.807, 2.05) is 0 Å². The predicted molar refractivity (Wildman–Crippen MR) is 63.3 cm³/mol. The van der Waals surface area contributed by atoms with Crippen LogP contribution in [0.15, 0.2) is 0 Å². The van der Waals surface area contributed by atoms with Crippen molar-refractivity contribution in [3.63, 3.8) is 0 Å². The molecule has 1 fully saturated rings. The monoisotopic (exact) mass is 216 g/mol. The molecular weight excluding hydrogens is 186 g/mol. The molecule has 1 aliphatic rings. The van der Waals surface area contributed by atoms with E-state index in [2.05, 4.69) is 40.3 Å². The summed E-state index contributed by atoms with van der Waals surface area (Å²) in [6, 6.07) is 1.71. The molecule has 1 unspecified atom stereocenters. The first-order chi connectivity index (χ1) is 7.00. The maximum atomic E-state index is 2.58. The van der Waals surface area contributed by atoms with Crippen molar-refractivity contribution >= 4 is 0 Å². The van der Waals surface area contributed by atoms with E-state index in [-0.39, 0.29) is 0 Å². The van der Waals surface area contributed by atoms with Gasteiger partial charge < -0.3 is 15.1 Å². The fourth-order valence-electron chi connectivity index (χ4n) is 2.62. The summed E-state index contributed by atoms with van der Waals surface area (Å²) in [6.45, 7) is 8.71. The summed E-state index contributed by atoms with van der Waals surface area (Å²) in [6.07, 6.45) is 1.38. The average Bonchev–Trinajstić information content (AvgIpc) is 2.13. The van der Waals surface area contributed by atoms with Crippen molar-refractivity contribution in [3.05, 3.63) is 0 Å². The van der Waals surface area contributed by atoms with E-state index in [1.165, 1.54) is 26.1 Å². The van der Waals surface area contributed by atoms with Crippen LogP contribution >= 0.6 is 0 Å². The van der Waals surface area contributed by atoms with Gasteiger partial charge in [0.25, 0.3) is 0 Å². The fraction of sp³-hybridized carbons (Fsp3) is 1.00. The second-order valence-electron chi connectivity index (χ2n) is 5.81. The highest BCUT2D eigenvalue weighted by molar-refractivity contribution is 4.70. The first-order valence-electron chi connectivity index (χ1n) is 6.45. The van der Waals surface area contributed by atoms with E-state index in [0.717, 1.165) is 18.0 Å². The molecule has 1 aliphatic heterocycles. The second-order valence-corrected chi connectivity index (χ2v) is 5.81. The van der Waals surface area contributed by atoms with Gasteiger partial charge in [-0.15, -0.1) is 0 Å². The minimum atomic E-state index is 0.842. The Kier molecular flexibility index (Phi) is 5.03. The molecule has 1 rings (SSSR count). The third kappa shape index (κ3) is 4.09. The molecule has 4 N–H and O–H groups in total. The predicted octanol–water partition coefficient (Wildman–Crippen LogP) is -2.99. The van der Waals surface area contributed by atoms with E-state index in [4.69, 9.17) is 0 Å². The zero-order chi connectivity index (χ0) is 11.4. The number of quaternary nitrogens is 3. The van der Waals surface area contributed by atoms with Gasteiger partial charge in [0.15, 0.2) is 0 Å². The van der Waals surface area contributed by atoms with Crippen molar-refractivity contribution in [2.24, 2.45) is 5.92 Å². The van der Waals surface area contributed by atoms with Crippen LogP contribution in [-0.2, 0) is 0 Å². The standard InChI is InChI=1S/C12H27N3/c1-10-9-15(5)11(2)8-12(10)13-6-7-14(3)4/h10-13H,6-9H2,1-5H3/p+3/t10-,11+,12+/m1/s1. The Morgan fingerprint density at radius 3 is 2.60 bits per heavy atom. The van der Waals surface area contributed by atoms with Crippen LogP contribution in [0.3, 0.4) is 0 Å². The van der Waals surface area contributed by atoms with Crippen LogP contribution in [0.2, 0.25) is 0 Å². The lowest BCUT2D eigenvalue weighted by Crippen LogP contribution is -3.17. The Hall–Kier alpha value is -0.120. The quantitative estimate of drug-likeness (QED) is 0.447. The second kappa shape index (κ2) is 5.83. The van der Waals surface area contributed by atoms with Gasteiger partial charge in [-0.1, -0.05) is 6.92 Å². The van der Waals surface area contributed by atoms with Crippen LogP contribution in [0.5, 0.6) is 0 Å². The number of rotatable bonds is 4. The van der Waals surface area contributed by atoms with E-state index in [1.54, 1.807) is 9.80 Å². The van der Waals surface area contributed by atoms with Gasteiger partial charge in [-0.25, -0.2) is 0 Å². The number of nitrogens with one attached hydrogen (secondary N) is 2. The van der Waals surface area contributed by atoms with Gasteiger partial charge in [-0.05, 0) is 6.92 Å². The van der Waals surface area contributed by atoms with Crippen molar-refractivity contribution in [2.75, 3.05) is 40.8 Å². The molecule has 0 aromatic heterocycles. The Bertz CT molecular complexity index is 182. The fourth-order valence-corrected chi connectivity index (χ4v) is 2.62. The molecule has 1 heterocycles. The van der Waals surface area contributed by atoms with Crippen molar-refractivity contribution < 1.29 is 15.1 Å². The number of nitrogens with two attached hydrogens (primary N) is 1. The van der Waals surface area contributed by atoms with Gasteiger partial charge in [0.05, 0.1) is 52.1 Å². The summed E-state index contributed by atoms with van der Waals surface area (Å²) >= 11 is 0. The van der Waals surface area contributed by atoms with E-state index < -0.39 is 0 Å². The Labute approximate surface area is 94.8 Å². The van der Waals surface area contributed by atoms with Gasteiger partial charge >= 0.3 is 0 Å². The van der Waals surface area contributed by atoms with E-state index >= 15 is 0 Å². The summed E-state index contributed by atoms with van der Waals surface area (Å²) in [5, 5.41) is 2.58. The van der Waals surface area contributed by atoms with Crippen LogP contribution in [-0.4, -0.2) is 52.9 Å². The Morgan fingerprint density at radius 2 is 2.00 bits per heavy atom. The molecule has 90 valence electrons. The lowest BCUT2D eigenvalue weighted by atomic mass is 9.90. The zero-order valence-corrected chi connectivity index (χ0v) is 11.1. The SMILES string of the molecule is C[C@@H]1C[NH+](C)[C@@H](C)C[C@@H]1[NH2+]CC[NH+](C)C. The highest BCUT2D eigenvalue weighted by Crippen LogP contribution is 2.07. The summed E-state index contributed by atoms with van der Waals surface area (Å²) in [5.74, 6) is 0.873. The van der Waals surface area contributed by atoms with Gasteiger partial charge in [0.1, 0.15) is 13.1 Å². The molecule has 15 heavy (non-hydrogen) atoms. The number of likely N-dealkylation sites (tertiary alicyclic amines) is 1. The lowest BCUT2D eigenvalue weighted by molar-refractivity contribution is -0.925. The number of likely N-dealkylation sites (N-methyl/N-ethyl adjacent to an activating group) is 1. The van der Waals surface area contributed by atoms with Crippen LogP contribution < -0.4 is 15.1 Å². The molecule has 1 saturated heterocycles. The number of piperidine rings is 1. The molecular formula is C12H30N3+3. The van der Waals surface area contributed by atoms with Crippen LogP contribution in [0.1, 0.15) is 20.3 Å². The molecule has 0 aliphatic carbocycles. The lowest BCUT2D eigenvalue weighted by Gasteiger charge is -2.35. The van der Waals surface area contributed by atoms with Crippen molar-refractivity contribution in [2.45, 2.75) is 32.4 Å². The largest absolute Gasteiger partial charge is 0.339 e. The summed E-state index contributed by atoms with van der Waals surface area (Å²) in [5.41, 5.74) is 0. The molecule has 0 aromatic carbocycles. The Balaban J connectivity index is 2.28. The third-order valence-electron chi connectivity index (χ3n) is 3.96. The highest BCUT2D eigenvalue weighted by atomic mass is 15.2. The topological polar surface area (TPSA) is 25.5 Å². The molecule has 0 aromatic rings. The highest BCUT2D eigenvalue weighted by Gasteiger charge is 2.34. The van der Waals surface area contributed by atoms with Gasteiger partial charge in [0, 0.05) is 0 Å². The van der Waals surface area contributed by atoms with Crippen LogP contribution in [0.4, 0.5) is 0 Å². The molecule has 0 bridgehead atoms. The molecule has 0 amide bonds. The average molecular weight is 216 g/mol. The first-order valence-corrected chi connectivity index (χ1v) is 6.45. The van der Waals surface area contributed by atoms with Gasteiger partial charge in [0.2, 0.25) is 0 Å². The minimum absolute atomic E-state index is 0.842. The van der Waals surface area contributed by atoms with Crippen LogP contribution in [0.25, 0.3) is 0 Å². The molecule has 0 radical (unpaired) electrons.